The Morgan fingerprint density at radius 3 is 2.66 bits per heavy atom. The first-order valence-electron chi connectivity index (χ1n) is 10.6. The number of rotatable bonds is 7. The maximum atomic E-state index is 13.0. The number of aryl methyl sites for hydroxylation is 2. The minimum Gasteiger partial charge on any atom is -0.465 e. The lowest BCUT2D eigenvalue weighted by Gasteiger charge is -2.28. The summed E-state index contributed by atoms with van der Waals surface area (Å²) in [5, 5.41) is 15.6. The minimum absolute atomic E-state index is 0.221. The first-order chi connectivity index (χ1) is 15.2. The lowest BCUT2D eigenvalue weighted by atomic mass is 9.91. The van der Waals surface area contributed by atoms with Crippen molar-refractivity contribution in [3.05, 3.63) is 65.1 Å². The second-order valence-corrected chi connectivity index (χ2v) is 8.44. The number of aromatic amines is 2. The molecule has 0 aliphatic rings. The molecule has 166 valence electrons. The molecule has 1 atom stereocenters. The zero-order chi connectivity index (χ0) is 22.9. The van der Waals surface area contributed by atoms with Crippen molar-refractivity contribution >= 4 is 33.9 Å². The molecule has 8 nitrogen and oxygen atoms in total. The number of aromatic nitrogens is 3. The van der Waals surface area contributed by atoms with Crippen LogP contribution >= 0.6 is 0 Å². The van der Waals surface area contributed by atoms with Gasteiger partial charge >= 0.3 is 6.09 Å². The molecular weight excluding hydrogens is 406 g/mol. The fourth-order valence-corrected chi connectivity index (χ4v) is 4.01. The fourth-order valence-electron chi connectivity index (χ4n) is 4.01. The Morgan fingerprint density at radius 1 is 1.12 bits per heavy atom. The Bertz CT molecular complexity index is 1270. The van der Waals surface area contributed by atoms with Crippen LogP contribution in [-0.4, -0.2) is 44.1 Å². The van der Waals surface area contributed by atoms with E-state index in [-0.39, 0.29) is 12.3 Å². The average Bonchev–Trinajstić information content (AvgIpc) is 3.31. The summed E-state index contributed by atoms with van der Waals surface area (Å²) < 4.78 is 0. The number of hydrogen-bond donors (Lipinski definition) is 5. The van der Waals surface area contributed by atoms with Crippen LogP contribution in [0.25, 0.3) is 21.9 Å². The third-order valence-electron chi connectivity index (χ3n) is 5.90. The van der Waals surface area contributed by atoms with E-state index in [2.05, 4.69) is 38.6 Å². The third kappa shape index (κ3) is 4.30. The topological polar surface area (TPSA) is 123 Å². The number of benzene rings is 2. The zero-order valence-electron chi connectivity index (χ0n) is 18.4. The van der Waals surface area contributed by atoms with Crippen LogP contribution in [0.2, 0.25) is 0 Å². The van der Waals surface area contributed by atoms with E-state index >= 15 is 0 Å². The number of carbonyl (C=O) groups is 2. The van der Waals surface area contributed by atoms with Crippen molar-refractivity contribution in [2.75, 3.05) is 6.54 Å². The van der Waals surface area contributed by atoms with Gasteiger partial charge in [-0.1, -0.05) is 18.2 Å². The van der Waals surface area contributed by atoms with E-state index in [1.54, 1.807) is 6.92 Å². The summed E-state index contributed by atoms with van der Waals surface area (Å²) in [5.74, 6) is 0.391. The number of imidazole rings is 1. The highest BCUT2D eigenvalue weighted by Gasteiger charge is 2.35. The number of fused-ring (bicyclic) bond motifs is 2. The maximum absolute atomic E-state index is 13.0. The van der Waals surface area contributed by atoms with Crippen molar-refractivity contribution in [2.45, 2.75) is 39.2 Å². The first-order valence-corrected chi connectivity index (χ1v) is 10.6. The highest BCUT2D eigenvalue weighted by Crippen LogP contribution is 2.23. The second kappa shape index (κ2) is 8.37. The van der Waals surface area contributed by atoms with Gasteiger partial charge in [-0.25, -0.2) is 9.78 Å². The van der Waals surface area contributed by atoms with Crippen molar-refractivity contribution in [1.29, 1.82) is 0 Å². The molecule has 32 heavy (non-hydrogen) atoms. The Hall–Kier alpha value is -3.81. The van der Waals surface area contributed by atoms with Crippen LogP contribution in [0.15, 0.2) is 42.6 Å². The average molecular weight is 434 g/mol. The second-order valence-electron chi connectivity index (χ2n) is 8.44. The molecule has 0 aliphatic heterocycles. The summed E-state index contributed by atoms with van der Waals surface area (Å²) in [6.45, 7) is 6.04. The van der Waals surface area contributed by atoms with Gasteiger partial charge in [0.25, 0.3) is 0 Å². The fraction of sp³-hybridized carbons (Fsp3) is 0.292. The molecule has 0 fully saturated rings. The van der Waals surface area contributed by atoms with Gasteiger partial charge in [0.2, 0.25) is 5.91 Å². The monoisotopic (exact) mass is 433 g/mol. The summed E-state index contributed by atoms with van der Waals surface area (Å²) in [6, 6.07) is 11.8. The van der Waals surface area contributed by atoms with Crippen molar-refractivity contribution < 1.29 is 14.7 Å². The molecule has 1 unspecified atom stereocenters. The maximum Gasteiger partial charge on any atom is 0.405 e. The molecule has 2 aromatic heterocycles. The molecule has 5 N–H and O–H groups in total. The Morgan fingerprint density at radius 2 is 1.88 bits per heavy atom. The molecule has 4 rings (SSSR count). The van der Waals surface area contributed by atoms with E-state index in [4.69, 9.17) is 0 Å². The number of para-hydroxylation sites is 1. The van der Waals surface area contributed by atoms with Crippen molar-refractivity contribution in [3.63, 3.8) is 0 Å². The lowest BCUT2D eigenvalue weighted by molar-refractivity contribution is -0.126. The van der Waals surface area contributed by atoms with E-state index in [0.717, 1.165) is 33.3 Å². The number of nitrogens with zero attached hydrogens (tertiary/aromatic N) is 1. The molecular formula is C24H27N5O3. The van der Waals surface area contributed by atoms with Crippen molar-refractivity contribution in [1.82, 2.24) is 25.6 Å². The van der Waals surface area contributed by atoms with E-state index in [0.29, 0.717) is 13.0 Å². The summed E-state index contributed by atoms with van der Waals surface area (Å²) >= 11 is 0. The van der Waals surface area contributed by atoms with Crippen LogP contribution < -0.4 is 10.6 Å². The molecule has 0 saturated heterocycles. The van der Waals surface area contributed by atoms with E-state index in [1.165, 1.54) is 11.1 Å². The van der Waals surface area contributed by atoms with Gasteiger partial charge in [-0.05, 0) is 55.7 Å². The van der Waals surface area contributed by atoms with Crippen LogP contribution in [0.4, 0.5) is 4.79 Å². The van der Waals surface area contributed by atoms with Gasteiger partial charge in [0.15, 0.2) is 0 Å². The first kappa shape index (κ1) is 21.4. The molecule has 2 amide bonds. The molecule has 0 radical (unpaired) electrons. The standard InChI is InChI=1S/C24H27N5O3/c1-14-10-19-20(11-15(14)2)28-21(27-19)8-9-25-22(30)24(3,29-23(31)32)12-16-13-26-18-7-5-4-6-17(16)18/h4-7,10-11,13,26,29H,8-9,12H2,1-3H3,(H,25,30)(H,27,28)(H,31,32). The van der Waals surface area contributed by atoms with Crippen LogP contribution in [0.5, 0.6) is 0 Å². The molecule has 0 aliphatic carbocycles. The smallest absolute Gasteiger partial charge is 0.405 e. The lowest BCUT2D eigenvalue weighted by Crippen LogP contribution is -2.58. The van der Waals surface area contributed by atoms with Crippen molar-refractivity contribution in [2.24, 2.45) is 0 Å². The predicted molar refractivity (Wildman–Crippen MR) is 124 cm³/mol. The van der Waals surface area contributed by atoms with E-state index < -0.39 is 11.6 Å². The van der Waals surface area contributed by atoms with Crippen LogP contribution in [-0.2, 0) is 17.6 Å². The summed E-state index contributed by atoms with van der Waals surface area (Å²) in [5.41, 5.74) is 4.72. The number of H-pyrrole nitrogens is 2. The predicted octanol–water partition coefficient (Wildman–Crippen LogP) is 3.59. The number of amides is 2. The van der Waals surface area contributed by atoms with Crippen LogP contribution in [0.3, 0.4) is 0 Å². The number of carbonyl (C=O) groups excluding carboxylic acids is 1. The Balaban J connectivity index is 1.46. The van der Waals surface area contributed by atoms with Gasteiger partial charge in [-0.3, -0.25) is 4.79 Å². The number of nitrogens with one attached hydrogen (secondary N) is 4. The third-order valence-corrected chi connectivity index (χ3v) is 5.90. The largest absolute Gasteiger partial charge is 0.465 e. The van der Waals surface area contributed by atoms with Gasteiger partial charge < -0.3 is 25.7 Å². The Kier molecular flexibility index (Phi) is 5.61. The van der Waals surface area contributed by atoms with E-state index in [1.807, 2.05) is 43.5 Å². The van der Waals surface area contributed by atoms with Gasteiger partial charge in [-0.2, -0.15) is 0 Å². The number of carboxylic acid groups (broad SMARTS) is 1. The molecule has 0 saturated carbocycles. The minimum atomic E-state index is -1.32. The summed E-state index contributed by atoms with van der Waals surface area (Å²) in [7, 11) is 0. The van der Waals surface area contributed by atoms with Crippen LogP contribution in [0, 0.1) is 13.8 Å². The Labute approximate surface area is 185 Å². The van der Waals surface area contributed by atoms with Gasteiger partial charge in [0, 0.05) is 36.5 Å². The number of hydrogen-bond acceptors (Lipinski definition) is 3. The molecule has 4 aromatic rings. The summed E-state index contributed by atoms with van der Waals surface area (Å²) in [6.07, 6.45) is 1.30. The molecule has 0 spiro atoms. The normalized spacial score (nSPS) is 13.2. The zero-order valence-corrected chi connectivity index (χ0v) is 18.4. The quantitative estimate of drug-likeness (QED) is 0.306. The molecule has 8 heteroatoms. The highest BCUT2D eigenvalue weighted by atomic mass is 16.4. The molecule has 2 aromatic carbocycles. The molecule has 2 heterocycles. The van der Waals surface area contributed by atoms with Gasteiger partial charge in [0.05, 0.1) is 11.0 Å². The summed E-state index contributed by atoms with van der Waals surface area (Å²) in [4.78, 5) is 35.5. The SMILES string of the molecule is Cc1cc2nc(CCNC(=O)C(C)(Cc3c[nH]c4ccccc34)NC(=O)O)[nH]c2cc1C. The van der Waals surface area contributed by atoms with E-state index in [9.17, 15) is 14.7 Å². The van der Waals surface area contributed by atoms with Gasteiger partial charge in [-0.15, -0.1) is 0 Å². The molecule has 0 bridgehead atoms. The van der Waals surface area contributed by atoms with Gasteiger partial charge in [0.1, 0.15) is 11.4 Å². The van der Waals surface area contributed by atoms with Crippen LogP contribution in [0.1, 0.15) is 29.4 Å². The van der Waals surface area contributed by atoms with Crippen molar-refractivity contribution in [3.8, 4) is 0 Å². The highest BCUT2D eigenvalue weighted by molar-refractivity contribution is 5.91.